The first-order valence-electron chi connectivity index (χ1n) is 5.27. The third kappa shape index (κ3) is 2.22. The number of nitrogens with one attached hydrogen (secondary N) is 1. The SMILES string of the molecule is CC(C)C(O)(CN)C1CCCCN1. The van der Waals surface area contributed by atoms with E-state index >= 15 is 0 Å². The molecule has 0 amide bonds. The molecule has 1 saturated heterocycles. The summed E-state index contributed by atoms with van der Waals surface area (Å²) in [4.78, 5) is 0. The largest absolute Gasteiger partial charge is 0.387 e. The minimum absolute atomic E-state index is 0.186. The van der Waals surface area contributed by atoms with E-state index in [4.69, 9.17) is 5.73 Å². The number of aliphatic hydroxyl groups is 1. The van der Waals surface area contributed by atoms with Gasteiger partial charge in [0.15, 0.2) is 0 Å². The third-order valence-corrected chi connectivity index (χ3v) is 3.24. The highest BCUT2D eigenvalue weighted by molar-refractivity contribution is 4.96. The van der Waals surface area contributed by atoms with Crippen molar-refractivity contribution in [2.24, 2.45) is 11.7 Å². The van der Waals surface area contributed by atoms with Gasteiger partial charge in [0.05, 0.1) is 5.60 Å². The smallest absolute Gasteiger partial charge is 0.0943 e. The molecule has 0 saturated carbocycles. The van der Waals surface area contributed by atoms with Gasteiger partial charge in [-0.2, -0.15) is 0 Å². The minimum atomic E-state index is -0.722. The van der Waals surface area contributed by atoms with E-state index in [0.717, 1.165) is 13.0 Å². The Hall–Kier alpha value is -0.120. The molecule has 1 heterocycles. The van der Waals surface area contributed by atoms with Crippen LogP contribution in [0.4, 0.5) is 0 Å². The first kappa shape index (κ1) is 11.0. The van der Waals surface area contributed by atoms with Crippen LogP contribution in [0.1, 0.15) is 33.1 Å². The van der Waals surface area contributed by atoms with Gasteiger partial charge in [-0.15, -0.1) is 0 Å². The lowest BCUT2D eigenvalue weighted by molar-refractivity contribution is -0.0384. The molecule has 0 radical (unpaired) electrons. The van der Waals surface area contributed by atoms with Crippen molar-refractivity contribution in [2.45, 2.75) is 44.8 Å². The van der Waals surface area contributed by atoms with Crippen LogP contribution in [-0.4, -0.2) is 29.8 Å². The number of hydrogen-bond acceptors (Lipinski definition) is 3. The summed E-state index contributed by atoms with van der Waals surface area (Å²) in [5, 5.41) is 13.7. The molecule has 0 aromatic rings. The maximum absolute atomic E-state index is 10.3. The van der Waals surface area contributed by atoms with E-state index in [1.165, 1.54) is 12.8 Å². The van der Waals surface area contributed by atoms with Crippen LogP contribution >= 0.6 is 0 Å². The van der Waals surface area contributed by atoms with Gasteiger partial charge in [-0.1, -0.05) is 20.3 Å². The topological polar surface area (TPSA) is 58.3 Å². The zero-order valence-corrected chi connectivity index (χ0v) is 8.71. The van der Waals surface area contributed by atoms with Crippen molar-refractivity contribution in [1.82, 2.24) is 5.32 Å². The van der Waals surface area contributed by atoms with Gasteiger partial charge in [-0.05, 0) is 25.3 Å². The standard InChI is InChI=1S/C10H22N2O/c1-8(2)10(13,7-11)9-5-3-4-6-12-9/h8-9,12-13H,3-7,11H2,1-2H3. The number of nitrogens with two attached hydrogens (primary N) is 1. The quantitative estimate of drug-likeness (QED) is 0.600. The summed E-state index contributed by atoms with van der Waals surface area (Å²) in [6.45, 7) is 5.42. The van der Waals surface area contributed by atoms with E-state index in [1.807, 2.05) is 13.8 Å². The molecule has 0 aromatic carbocycles. The van der Waals surface area contributed by atoms with E-state index in [9.17, 15) is 5.11 Å². The molecule has 1 fully saturated rings. The van der Waals surface area contributed by atoms with Crippen LogP contribution in [0.5, 0.6) is 0 Å². The highest BCUT2D eigenvalue weighted by Crippen LogP contribution is 2.25. The minimum Gasteiger partial charge on any atom is -0.387 e. The van der Waals surface area contributed by atoms with Crippen molar-refractivity contribution >= 4 is 0 Å². The molecule has 3 heteroatoms. The monoisotopic (exact) mass is 186 g/mol. The maximum Gasteiger partial charge on any atom is 0.0943 e. The first-order chi connectivity index (χ1) is 6.11. The van der Waals surface area contributed by atoms with Gasteiger partial charge in [0.1, 0.15) is 0 Å². The van der Waals surface area contributed by atoms with Gasteiger partial charge >= 0.3 is 0 Å². The Morgan fingerprint density at radius 1 is 1.54 bits per heavy atom. The predicted molar refractivity (Wildman–Crippen MR) is 54.5 cm³/mol. The summed E-state index contributed by atoms with van der Waals surface area (Å²) in [7, 11) is 0. The molecule has 3 nitrogen and oxygen atoms in total. The van der Waals surface area contributed by atoms with Crippen LogP contribution in [0, 0.1) is 5.92 Å². The van der Waals surface area contributed by atoms with E-state index in [0.29, 0.717) is 6.54 Å². The third-order valence-electron chi connectivity index (χ3n) is 3.24. The second-order valence-electron chi connectivity index (χ2n) is 4.35. The lowest BCUT2D eigenvalue weighted by atomic mass is 9.79. The second-order valence-corrected chi connectivity index (χ2v) is 4.35. The average Bonchev–Trinajstić information content (AvgIpc) is 2.17. The summed E-state index contributed by atoms with van der Waals surface area (Å²) in [6.07, 6.45) is 3.47. The highest BCUT2D eigenvalue weighted by atomic mass is 16.3. The highest BCUT2D eigenvalue weighted by Gasteiger charge is 2.38. The van der Waals surface area contributed by atoms with Gasteiger partial charge in [0.2, 0.25) is 0 Å². The Morgan fingerprint density at radius 2 is 2.23 bits per heavy atom. The van der Waals surface area contributed by atoms with E-state index in [2.05, 4.69) is 5.32 Å². The van der Waals surface area contributed by atoms with Crippen LogP contribution in [0.25, 0.3) is 0 Å². The Kier molecular flexibility index (Phi) is 3.71. The average molecular weight is 186 g/mol. The fourth-order valence-electron chi connectivity index (χ4n) is 2.06. The van der Waals surface area contributed by atoms with Crippen LogP contribution in [0.15, 0.2) is 0 Å². The summed E-state index contributed by atoms with van der Waals surface area (Å²) >= 11 is 0. The Labute approximate surface area is 80.7 Å². The van der Waals surface area contributed by atoms with Crippen LogP contribution < -0.4 is 11.1 Å². The van der Waals surface area contributed by atoms with Crippen LogP contribution in [0.3, 0.4) is 0 Å². The summed E-state index contributed by atoms with van der Waals surface area (Å²) in [5.41, 5.74) is 4.93. The van der Waals surface area contributed by atoms with E-state index < -0.39 is 5.60 Å². The Bertz CT molecular complexity index is 155. The number of hydrogen-bond donors (Lipinski definition) is 3. The van der Waals surface area contributed by atoms with Gasteiger partial charge in [-0.25, -0.2) is 0 Å². The molecule has 1 aliphatic rings. The zero-order chi connectivity index (χ0) is 9.90. The molecule has 13 heavy (non-hydrogen) atoms. The molecule has 1 rings (SSSR count). The molecular formula is C10H22N2O. The van der Waals surface area contributed by atoms with Crippen molar-refractivity contribution in [3.8, 4) is 0 Å². The van der Waals surface area contributed by atoms with Crippen molar-refractivity contribution in [1.29, 1.82) is 0 Å². The lowest BCUT2D eigenvalue weighted by Crippen LogP contribution is -2.59. The Balaban J connectivity index is 2.62. The summed E-state index contributed by atoms with van der Waals surface area (Å²) < 4.78 is 0. The van der Waals surface area contributed by atoms with E-state index in [1.54, 1.807) is 0 Å². The van der Waals surface area contributed by atoms with Gasteiger partial charge in [-0.3, -0.25) is 0 Å². The van der Waals surface area contributed by atoms with Gasteiger partial charge in [0.25, 0.3) is 0 Å². The molecule has 0 aliphatic carbocycles. The molecule has 0 aromatic heterocycles. The number of piperidine rings is 1. The summed E-state index contributed by atoms with van der Waals surface area (Å²) in [6, 6.07) is 0.186. The lowest BCUT2D eigenvalue weighted by Gasteiger charge is -2.41. The fourth-order valence-corrected chi connectivity index (χ4v) is 2.06. The Morgan fingerprint density at radius 3 is 2.62 bits per heavy atom. The normalized spacial score (nSPS) is 28.8. The molecule has 2 unspecified atom stereocenters. The maximum atomic E-state index is 10.3. The van der Waals surface area contributed by atoms with Gasteiger partial charge in [0, 0.05) is 12.6 Å². The van der Waals surface area contributed by atoms with Gasteiger partial charge < -0.3 is 16.2 Å². The summed E-state index contributed by atoms with van der Waals surface area (Å²) in [5.74, 6) is 0.216. The van der Waals surface area contributed by atoms with Crippen LogP contribution in [0.2, 0.25) is 0 Å². The molecule has 4 N–H and O–H groups in total. The molecular weight excluding hydrogens is 164 g/mol. The molecule has 0 spiro atoms. The van der Waals surface area contributed by atoms with Crippen molar-refractivity contribution < 1.29 is 5.11 Å². The molecule has 2 atom stereocenters. The predicted octanol–water partition coefficient (Wildman–Crippen LogP) is 0.474. The zero-order valence-electron chi connectivity index (χ0n) is 8.71. The molecule has 1 aliphatic heterocycles. The number of rotatable bonds is 3. The van der Waals surface area contributed by atoms with Crippen molar-refractivity contribution in [3.63, 3.8) is 0 Å². The molecule has 0 bridgehead atoms. The van der Waals surface area contributed by atoms with E-state index in [-0.39, 0.29) is 12.0 Å². The van der Waals surface area contributed by atoms with Crippen LogP contribution in [-0.2, 0) is 0 Å². The second kappa shape index (κ2) is 4.40. The molecule has 78 valence electrons. The van der Waals surface area contributed by atoms with Crippen molar-refractivity contribution in [2.75, 3.05) is 13.1 Å². The fraction of sp³-hybridized carbons (Fsp3) is 1.00. The first-order valence-corrected chi connectivity index (χ1v) is 5.27. The van der Waals surface area contributed by atoms with Crippen molar-refractivity contribution in [3.05, 3.63) is 0 Å².